The summed E-state index contributed by atoms with van der Waals surface area (Å²) in [5, 5.41) is 4.23. The summed E-state index contributed by atoms with van der Waals surface area (Å²) in [5.41, 5.74) is 1.18. The van der Waals surface area contributed by atoms with E-state index in [1.807, 2.05) is 13.1 Å². The molecular weight excluding hydrogens is 350 g/mol. The summed E-state index contributed by atoms with van der Waals surface area (Å²) < 4.78 is 1.03. The molecule has 0 aromatic heterocycles. The maximum Gasteiger partial charge on any atom is 0.0465 e. The maximum atomic E-state index is 6.38. The van der Waals surface area contributed by atoms with E-state index in [0.29, 0.717) is 12.1 Å². The van der Waals surface area contributed by atoms with Gasteiger partial charge in [0.2, 0.25) is 0 Å². The third-order valence-electron chi connectivity index (χ3n) is 4.36. The van der Waals surface area contributed by atoms with Crippen LogP contribution in [0.25, 0.3) is 0 Å². The first-order valence-electron chi connectivity index (χ1n) is 7.56. The van der Waals surface area contributed by atoms with Gasteiger partial charge in [-0.15, -0.1) is 0 Å². The van der Waals surface area contributed by atoms with Crippen molar-refractivity contribution in [1.82, 2.24) is 15.1 Å². The van der Waals surface area contributed by atoms with E-state index in [2.05, 4.69) is 57.2 Å². The van der Waals surface area contributed by atoms with Gasteiger partial charge in [-0.1, -0.05) is 33.6 Å². The van der Waals surface area contributed by atoms with Crippen molar-refractivity contribution in [2.45, 2.75) is 25.4 Å². The van der Waals surface area contributed by atoms with Crippen molar-refractivity contribution in [1.29, 1.82) is 0 Å². The second-order valence-corrected chi connectivity index (χ2v) is 7.27. The van der Waals surface area contributed by atoms with E-state index in [1.165, 1.54) is 5.56 Å². The summed E-state index contributed by atoms with van der Waals surface area (Å²) >= 11 is 9.85. The number of piperazine rings is 1. The van der Waals surface area contributed by atoms with Crippen LogP contribution in [0.5, 0.6) is 0 Å². The van der Waals surface area contributed by atoms with Crippen LogP contribution in [-0.4, -0.2) is 56.1 Å². The second-order valence-electron chi connectivity index (χ2n) is 5.94. The fraction of sp³-hybridized carbons (Fsp3) is 0.625. The van der Waals surface area contributed by atoms with Crippen LogP contribution < -0.4 is 5.32 Å². The van der Waals surface area contributed by atoms with Crippen molar-refractivity contribution in [2.75, 3.05) is 40.3 Å². The first-order chi connectivity index (χ1) is 10.0. The molecule has 0 amide bonds. The molecule has 5 heteroatoms. The minimum atomic E-state index is 0.303. The van der Waals surface area contributed by atoms with E-state index in [0.717, 1.165) is 42.1 Å². The van der Waals surface area contributed by atoms with Gasteiger partial charge in [-0.3, -0.25) is 4.90 Å². The number of likely N-dealkylation sites (N-methyl/N-ethyl adjacent to an activating group) is 1. The van der Waals surface area contributed by atoms with Gasteiger partial charge in [0.1, 0.15) is 0 Å². The summed E-state index contributed by atoms with van der Waals surface area (Å²) in [6.45, 7) is 6.89. The lowest BCUT2D eigenvalue weighted by Crippen LogP contribution is -2.50. The Kier molecular flexibility index (Phi) is 6.51. The van der Waals surface area contributed by atoms with E-state index in [9.17, 15) is 0 Å². The molecule has 1 aliphatic heterocycles. The minimum absolute atomic E-state index is 0.303. The lowest BCUT2D eigenvalue weighted by molar-refractivity contribution is 0.0963. The molecule has 0 spiro atoms. The monoisotopic (exact) mass is 373 g/mol. The molecule has 0 aliphatic carbocycles. The van der Waals surface area contributed by atoms with Crippen molar-refractivity contribution < 1.29 is 0 Å². The third kappa shape index (κ3) is 4.67. The normalized spacial score (nSPS) is 22.4. The topological polar surface area (TPSA) is 18.5 Å². The Hall–Kier alpha value is -0.130. The van der Waals surface area contributed by atoms with Crippen molar-refractivity contribution in [3.8, 4) is 0 Å². The van der Waals surface area contributed by atoms with Crippen LogP contribution in [0.15, 0.2) is 22.7 Å². The van der Waals surface area contributed by atoms with Gasteiger partial charge < -0.3 is 10.2 Å². The lowest BCUT2D eigenvalue weighted by atomic mass is 10.0. The zero-order valence-corrected chi connectivity index (χ0v) is 15.4. The highest BCUT2D eigenvalue weighted by Gasteiger charge is 2.22. The molecule has 3 nitrogen and oxygen atoms in total. The van der Waals surface area contributed by atoms with Gasteiger partial charge in [0.25, 0.3) is 0 Å². The van der Waals surface area contributed by atoms with Gasteiger partial charge in [0.15, 0.2) is 0 Å². The first kappa shape index (κ1) is 17.2. The van der Waals surface area contributed by atoms with E-state index < -0.39 is 0 Å². The number of nitrogens with one attached hydrogen (secondary N) is 1. The molecule has 2 rings (SSSR count). The van der Waals surface area contributed by atoms with Gasteiger partial charge in [-0.2, -0.15) is 0 Å². The molecule has 21 heavy (non-hydrogen) atoms. The molecule has 1 aromatic rings. The van der Waals surface area contributed by atoms with Gasteiger partial charge in [-0.25, -0.2) is 0 Å². The van der Waals surface area contributed by atoms with E-state index in [1.54, 1.807) is 0 Å². The molecule has 0 radical (unpaired) electrons. The van der Waals surface area contributed by atoms with Gasteiger partial charge in [0, 0.05) is 47.8 Å². The highest BCUT2D eigenvalue weighted by molar-refractivity contribution is 9.10. The largest absolute Gasteiger partial charge is 0.313 e. The van der Waals surface area contributed by atoms with Crippen LogP contribution >= 0.6 is 27.5 Å². The molecule has 1 heterocycles. The molecule has 0 saturated carbocycles. The summed E-state index contributed by atoms with van der Waals surface area (Å²) in [6.07, 6.45) is 1.08. The Labute approximate surface area is 141 Å². The molecule has 2 atom stereocenters. The smallest absolute Gasteiger partial charge is 0.0465 e. The first-order valence-corrected chi connectivity index (χ1v) is 8.73. The third-order valence-corrected chi connectivity index (χ3v) is 5.18. The molecule has 1 aliphatic rings. The summed E-state index contributed by atoms with van der Waals surface area (Å²) in [5.74, 6) is 0. The highest BCUT2D eigenvalue weighted by atomic mass is 79.9. The number of benzene rings is 1. The highest BCUT2D eigenvalue weighted by Crippen LogP contribution is 2.28. The van der Waals surface area contributed by atoms with E-state index >= 15 is 0 Å². The SMILES string of the molecule is CNC(CCN1CCN(C)CC1C)c1ccc(Br)cc1Cl. The van der Waals surface area contributed by atoms with Crippen LogP contribution in [0.1, 0.15) is 24.9 Å². The van der Waals surface area contributed by atoms with Crippen LogP contribution in [0.4, 0.5) is 0 Å². The summed E-state index contributed by atoms with van der Waals surface area (Å²) in [4.78, 5) is 4.99. The molecule has 1 fully saturated rings. The summed E-state index contributed by atoms with van der Waals surface area (Å²) in [7, 11) is 4.21. The Morgan fingerprint density at radius 2 is 2.19 bits per heavy atom. The minimum Gasteiger partial charge on any atom is -0.313 e. The standard InChI is InChI=1S/C16H25BrClN3/c1-12-11-20(3)8-9-21(12)7-6-16(19-2)14-5-4-13(17)10-15(14)18/h4-5,10,12,16,19H,6-9,11H2,1-3H3. The molecule has 1 saturated heterocycles. The Balaban J connectivity index is 1.96. The van der Waals surface area contributed by atoms with Crippen molar-refractivity contribution in [2.24, 2.45) is 0 Å². The summed E-state index contributed by atoms with van der Waals surface area (Å²) in [6, 6.07) is 7.07. The van der Waals surface area contributed by atoms with E-state index in [4.69, 9.17) is 11.6 Å². The number of nitrogens with zero attached hydrogens (tertiary/aromatic N) is 2. The Bertz CT molecular complexity index is 469. The van der Waals surface area contributed by atoms with Crippen LogP contribution in [0.3, 0.4) is 0 Å². The molecule has 0 bridgehead atoms. The van der Waals surface area contributed by atoms with Gasteiger partial charge >= 0.3 is 0 Å². The predicted molar refractivity (Wildman–Crippen MR) is 94.1 cm³/mol. The Morgan fingerprint density at radius 3 is 2.81 bits per heavy atom. The fourth-order valence-electron chi connectivity index (χ4n) is 3.04. The lowest BCUT2D eigenvalue weighted by Gasteiger charge is -2.38. The van der Waals surface area contributed by atoms with Crippen molar-refractivity contribution >= 4 is 27.5 Å². The number of hydrogen-bond acceptors (Lipinski definition) is 3. The predicted octanol–water partition coefficient (Wildman–Crippen LogP) is 3.39. The average molecular weight is 375 g/mol. The zero-order valence-electron chi connectivity index (χ0n) is 13.1. The number of rotatable bonds is 5. The van der Waals surface area contributed by atoms with Crippen molar-refractivity contribution in [3.63, 3.8) is 0 Å². The zero-order chi connectivity index (χ0) is 15.4. The van der Waals surface area contributed by atoms with Gasteiger partial charge in [-0.05, 0) is 45.1 Å². The quantitative estimate of drug-likeness (QED) is 0.852. The fourth-order valence-corrected chi connectivity index (χ4v) is 3.85. The molecule has 1 N–H and O–H groups in total. The van der Waals surface area contributed by atoms with Crippen LogP contribution in [-0.2, 0) is 0 Å². The maximum absolute atomic E-state index is 6.38. The number of hydrogen-bond donors (Lipinski definition) is 1. The molecular formula is C16H25BrClN3. The molecule has 1 aromatic carbocycles. The second kappa shape index (κ2) is 7.93. The average Bonchev–Trinajstić information content (AvgIpc) is 2.43. The van der Waals surface area contributed by atoms with Crippen LogP contribution in [0.2, 0.25) is 5.02 Å². The Morgan fingerprint density at radius 1 is 1.43 bits per heavy atom. The molecule has 2 unspecified atom stereocenters. The van der Waals surface area contributed by atoms with Crippen molar-refractivity contribution in [3.05, 3.63) is 33.3 Å². The molecule has 118 valence electrons. The van der Waals surface area contributed by atoms with Crippen LogP contribution in [0, 0.1) is 0 Å². The number of halogens is 2. The van der Waals surface area contributed by atoms with E-state index in [-0.39, 0.29) is 0 Å². The van der Waals surface area contributed by atoms with Gasteiger partial charge in [0.05, 0.1) is 0 Å².